The molecule has 114 valence electrons. The van der Waals surface area contributed by atoms with Gasteiger partial charge in [-0.15, -0.1) is 0 Å². The summed E-state index contributed by atoms with van der Waals surface area (Å²) in [5.74, 6) is -3.10. The van der Waals surface area contributed by atoms with Crippen LogP contribution in [-0.4, -0.2) is 16.9 Å². The van der Waals surface area contributed by atoms with Gasteiger partial charge < -0.3 is 11.1 Å². The largest absolute Gasteiger partial charge is 0.328 e. The smallest absolute Gasteiger partial charge is 0.298 e. The lowest BCUT2D eigenvalue weighted by Crippen LogP contribution is -2.32. The van der Waals surface area contributed by atoms with Crippen molar-refractivity contribution in [1.82, 2.24) is 0 Å². The Bertz CT molecular complexity index is 572. The van der Waals surface area contributed by atoms with Crippen LogP contribution in [0.15, 0.2) is 12.1 Å². The Morgan fingerprint density at radius 1 is 1.29 bits per heavy atom. The monoisotopic (exact) mass is 299 g/mol. The van der Waals surface area contributed by atoms with Crippen LogP contribution in [0.4, 0.5) is 20.2 Å². The zero-order valence-corrected chi connectivity index (χ0v) is 11.1. The molecular weight excluding hydrogens is 284 g/mol. The Balaban J connectivity index is 2.19. The summed E-state index contributed by atoms with van der Waals surface area (Å²) in [6.07, 6.45) is 2.44. The van der Waals surface area contributed by atoms with Crippen molar-refractivity contribution in [2.75, 3.05) is 5.32 Å². The number of nitro groups is 1. The first-order valence-electron chi connectivity index (χ1n) is 6.58. The van der Waals surface area contributed by atoms with Crippen molar-refractivity contribution in [3.05, 3.63) is 33.9 Å². The van der Waals surface area contributed by atoms with Crippen LogP contribution < -0.4 is 11.1 Å². The molecule has 8 heteroatoms. The Hall–Kier alpha value is -2.09. The van der Waals surface area contributed by atoms with Crippen molar-refractivity contribution < 1.29 is 18.5 Å². The molecule has 6 nitrogen and oxygen atoms in total. The second-order valence-electron chi connectivity index (χ2n) is 5.14. The fraction of sp³-hybridized carbons (Fsp3) is 0.462. The predicted octanol–water partition coefficient (Wildman–Crippen LogP) is 2.33. The number of anilines is 1. The highest BCUT2D eigenvalue weighted by molar-refractivity contribution is 5.94. The second-order valence-corrected chi connectivity index (χ2v) is 5.14. The quantitative estimate of drug-likeness (QED) is 0.661. The lowest BCUT2D eigenvalue weighted by molar-refractivity contribution is -0.384. The van der Waals surface area contributed by atoms with Crippen LogP contribution in [-0.2, 0) is 4.79 Å². The molecule has 0 radical (unpaired) electrons. The molecule has 3 N–H and O–H groups in total. The SMILES string of the molecule is NC1CCC(C(=O)Nc2c(F)cc(F)cc2[N+](=O)[O-])CC1. The summed E-state index contributed by atoms with van der Waals surface area (Å²) in [6, 6.07) is 1.13. The van der Waals surface area contributed by atoms with Crippen molar-refractivity contribution in [3.63, 3.8) is 0 Å². The number of halogens is 2. The van der Waals surface area contributed by atoms with E-state index in [0.717, 1.165) is 0 Å². The van der Waals surface area contributed by atoms with E-state index in [1.165, 1.54) is 0 Å². The number of benzene rings is 1. The average molecular weight is 299 g/mol. The first-order chi connectivity index (χ1) is 9.88. The van der Waals surface area contributed by atoms with Gasteiger partial charge in [-0.1, -0.05) is 0 Å². The normalized spacial score (nSPS) is 21.9. The van der Waals surface area contributed by atoms with E-state index >= 15 is 0 Å². The van der Waals surface area contributed by atoms with Crippen LogP contribution in [0.3, 0.4) is 0 Å². The van der Waals surface area contributed by atoms with E-state index in [1.807, 2.05) is 0 Å². The van der Waals surface area contributed by atoms with Gasteiger partial charge in [0.2, 0.25) is 5.91 Å². The minimum Gasteiger partial charge on any atom is -0.328 e. The summed E-state index contributed by atoms with van der Waals surface area (Å²) in [6.45, 7) is 0. The van der Waals surface area contributed by atoms with Crippen LogP contribution in [0, 0.1) is 27.7 Å². The summed E-state index contributed by atoms with van der Waals surface area (Å²) in [4.78, 5) is 22.0. The Labute approximate surface area is 119 Å². The van der Waals surface area contributed by atoms with Gasteiger partial charge in [0.25, 0.3) is 5.69 Å². The summed E-state index contributed by atoms with van der Waals surface area (Å²) < 4.78 is 26.7. The second kappa shape index (κ2) is 6.13. The summed E-state index contributed by atoms with van der Waals surface area (Å²) in [7, 11) is 0. The molecule has 21 heavy (non-hydrogen) atoms. The molecule has 0 bridgehead atoms. The van der Waals surface area contributed by atoms with E-state index in [9.17, 15) is 23.7 Å². The van der Waals surface area contributed by atoms with E-state index in [0.29, 0.717) is 37.8 Å². The number of rotatable bonds is 3. The van der Waals surface area contributed by atoms with Gasteiger partial charge in [0, 0.05) is 18.0 Å². The topological polar surface area (TPSA) is 98.3 Å². The van der Waals surface area contributed by atoms with Crippen LogP contribution in [0.25, 0.3) is 0 Å². The molecule has 2 rings (SSSR count). The Morgan fingerprint density at radius 2 is 1.90 bits per heavy atom. The molecule has 1 saturated carbocycles. The Kier molecular flexibility index (Phi) is 4.46. The number of amides is 1. The van der Waals surface area contributed by atoms with Gasteiger partial charge in [0.05, 0.1) is 11.0 Å². The number of nitro benzene ring substituents is 1. The lowest BCUT2D eigenvalue weighted by Gasteiger charge is -2.25. The molecule has 0 unspecified atom stereocenters. The van der Waals surface area contributed by atoms with Crippen molar-refractivity contribution in [2.45, 2.75) is 31.7 Å². The fourth-order valence-electron chi connectivity index (χ4n) is 2.43. The van der Waals surface area contributed by atoms with Crippen LogP contribution in [0.5, 0.6) is 0 Å². The van der Waals surface area contributed by atoms with E-state index in [1.54, 1.807) is 0 Å². The maximum atomic E-state index is 13.7. The zero-order chi connectivity index (χ0) is 15.6. The van der Waals surface area contributed by atoms with Gasteiger partial charge in [-0.25, -0.2) is 8.78 Å². The summed E-state index contributed by atoms with van der Waals surface area (Å²) in [5, 5.41) is 13.0. The third kappa shape index (κ3) is 3.52. The highest BCUT2D eigenvalue weighted by Gasteiger charge is 2.28. The predicted molar refractivity (Wildman–Crippen MR) is 71.6 cm³/mol. The number of carbonyl (C=O) groups excluding carboxylic acids is 1. The van der Waals surface area contributed by atoms with Gasteiger partial charge >= 0.3 is 0 Å². The average Bonchev–Trinajstić information content (AvgIpc) is 2.41. The molecule has 0 atom stereocenters. The zero-order valence-electron chi connectivity index (χ0n) is 11.1. The number of hydrogen-bond donors (Lipinski definition) is 2. The first-order valence-corrected chi connectivity index (χ1v) is 6.58. The lowest BCUT2D eigenvalue weighted by atomic mass is 9.86. The van der Waals surface area contributed by atoms with Crippen LogP contribution >= 0.6 is 0 Å². The molecule has 1 aromatic carbocycles. The standard InChI is InChI=1S/C13H15F2N3O3/c14-8-5-10(15)12(11(6-8)18(20)21)17-13(19)7-1-3-9(16)4-2-7/h5-7,9H,1-4,16H2,(H,17,19). The maximum Gasteiger partial charge on any atom is 0.298 e. The molecule has 0 saturated heterocycles. The number of nitrogens with one attached hydrogen (secondary N) is 1. The molecule has 1 aliphatic rings. The molecule has 0 aliphatic heterocycles. The summed E-state index contributed by atoms with van der Waals surface area (Å²) >= 11 is 0. The number of nitrogens with two attached hydrogens (primary N) is 1. The van der Waals surface area contributed by atoms with Crippen LogP contribution in [0.1, 0.15) is 25.7 Å². The van der Waals surface area contributed by atoms with Gasteiger partial charge in [-0.2, -0.15) is 0 Å². The third-order valence-electron chi connectivity index (χ3n) is 3.62. The summed E-state index contributed by atoms with van der Waals surface area (Å²) in [5.41, 5.74) is 4.34. The van der Waals surface area contributed by atoms with Crippen molar-refractivity contribution in [3.8, 4) is 0 Å². The molecule has 0 aromatic heterocycles. The van der Waals surface area contributed by atoms with E-state index in [-0.39, 0.29) is 12.0 Å². The molecule has 0 heterocycles. The number of nitrogens with zero attached hydrogens (tertiary/aromatic N) is 1. The van der Waals surface area contributed by atoms with Gasteiger partial charge in [0.1, 0.15) is 5.82 Å². The molecule has 0 spiro atoms. The van der Waals surface area contributed by atoms with E-state index in [2.05, 4.69) is 5.32 Å². The first kappa shape index (κ1) is 15.3. The van der Waals surface area contributed by atoms with Crippen molar-refractivity contribution >= 4 is 17.3 Å². The van der Waals surface area contributed by atoms with E-state index < -0.39 is 33.8 Å². The molecule has 1 amide bonds. The minimum absolute atomic E-state index is 0.0472. The Morgan fingerprint density at radius 3 is 2.48 bits per heavy atom. The molecule has 1 fully saturated rings. The minimum atomic E-state index is -1.16. The number of carbonyl (C=O) groups is 1. The van der Waals surface area contributed by atoms with Crippen molar-refractivity contribution in [1.29, 1.82) is 0 Å². The highest BCUT2D eigenvalue weighted by Crippen LogP contribution is 2.31. The van der Waals surface area contributed by atoms with Gasteiger partial charge in [-0.3, -0.25) is 14.9 Å². The molecule has 1 aliphatic carbocycles. The molecular formula is C13H15F2N3O3. The van der Waals surface area contributed by atoms with Crippen molar-refractivity contribution in [2.24, 2.45) is 11.7 Å². The van der Waals surface area contributed by atoms with Gasteiger partial charge in [-0.05, 0) is 25.7 Å². The highest BCUT2D eigenvalue weighted by atomic mass is 19.1. The van der Waals surface area contributed by atoms with Gasteiger partial charge in [0.15, 0.2) is 11.5 Å². The van der Waals surface area contributed by atoms with E-state index in [4.69, 9.17) is 5.73 Å². The molecule has 1 aromatic rings. The fourth-order valence-corrected chi connectivity index (χ4v) is 2.43. The third-order valence-corrected chi connectivity index (χ3v) is 3.62. The number of hydrogen-bond acceptors (Lipinski definition) is 4. The van der Waals surface area contributed by atoms with Crippen LogP contribution in [0.2, 0.25) is 0 Å². The maximum absolute atomic E-state index is 13.7.